The van der Waals surface area contributed by atoms with E-state index in [-0.39, 0.29) is 23.8 Å². The Bertz CT molecular complexity index is 484. The van der Waals surface area contributed by atoms with Gasteiger partial charge in [-0.25, -0.2) is 0 Å². The molecule has 148 valence electrons. The van der Waals surface area contributed by atoms with Gasteiger partial charge in [0.25, 0.3) is 0 Å². The van der Waals surface area contributed by atoms with E-state index in [1.54, 1.807) is 4.90 Å². The minimum absolute atomic E-state index is 0.00145. The van der Waals surface area contributed by atoms with Gasteiger partial charge in [0, 0.05) is 19.1 Å². The fourth-order valence-corrected chi connectivity index (χ4v) is 4.94. The third-order valence-corrected chi connectivity index (χ3v) is 6.74. The largest absolute Gasteiger partial charge is 0.354 e. The highest BCUT2D eigenvalue weighted by Gasteiger charge is 2.38. The summed E-state index contributed by atoms with van der Waals surface area (Å²) < 4.78 is 0. The van der Waals surface area contributed by atoms with E-state index in [0.29, 0.717) is 25.0 Å². The number of amides is 2. The highest BCUT2D eigenvalue weighted by molar-refractivity contribution is 5.90. The Kier molecular flexibility index (Phi) is 6.92. The molecule has 3 aliphatic rings. The van der Waals surface area contributed by atoms with Gasteiger partial charge in [0.1, 0.15) is 6.04 Å². The molecule has 26 heavy (non-hydrogen) atoms. The Balaban J connectivity index is 1.50. The lowest BCUT2D eigenvalue weighted by atomic mass is 9.83. The van der Waals surface area contributed by atoms with Crippen molar-refractivity contribution < 1.29 is 9.59 Å². The maximum Gasteiger partial charge on any atom is 0.242 e. The van der Waals surface area contributed by atoms with Crippen LogP contribution in [0, 0.1) is 11.8 Å². The Morgan fingerprint density at radius 3 is 2.35 bits per heavy atom. The van der Waals surface area contributed by atoms with Gasteiger partial charge in [0.2, 0.25) is 11.8 Å². The lowest BCUT2D eigenvalue weighted by Crippen LogP contribution is -2.53. The summed E-state index contributed by atoms with van der Waals surface area (Å²) in [5.74, 6) is 0.792. The summed E-state index contributed by atoms with van der Waals surface area (Å²) in [4.78, 5) is 27.4. The maximum atomic E-state index is 12.9. The van der Waals surface area contributed by atoms with Gasteiger partial charge in [-0.3, -0.25) is 9.59 Å². The van der Waals surface area contributed by atoms with Gasteiger partial charge in [-0.05, 0) is 63.2 Å². The number of hydrogen-bond acceptors (Lipinski definition) is 4. The van der Waals surface area contributed by atoms with Gasteiger partial charge in [-0.15, -0.1) is 0 Å². The summed E-state index contributed by atoms with van der Waals surface area (Å²) in [7, 11) is 0. The van der Waals surface area contributed by atoms with Crippen molar-refractivity contribution in [2.45, 2.75) is 88.8 Å². The molecular weight excluding hydrogens is 328 g/mol. The van der Waals surface area contributed by atoms with Gasteiger partial charge in [0.05, 0.1) is 6.04 Å². The summed E-state index contributed by atoms with van der Waals surface area (Å²) in [6.07, 6.45) is 11.6. The third-order valence-electron chi connectivity index (χ3n) is 6.74. The molecule has 0 radical (unpaired) electrons. The first kappa shape index (κ1) is 19.6. The second kappa shape index (κ2) is 9.18. The Morgan fingerprint density at radius 1 is 0.962 bits per heavy atom. The summed E-state index contributed by atoms with van der Waals surface area (Å²) in [5.41, 5.74) is 12.3. The van der Waals surface area contributed by atoms with Crippen LogP contribution in [-0.2, 0) is 9.59 Å². The maximum absolute atomic E-state index is 12.9. The number of nitrogens with zero attached hydrogens (tertiary/aromatic N) is 1. The standard InChI is InChI=1S/C20H36N4O2/c21-16-10-8-14(9-11-16)13-23-19(25)17-7-4-12-24(17)20(26)18(22)15-5-2-1-3-6-15/h14-18H,1-13,21-22H2,(H,23,25)/t14?,16?,17-,18-/m0/s1. The smallest absolute Gasteiger partial charge is 0.242 e. The molecule has 5 N–H and O–H groups in total. The van der Waals surface area contributed by atoms with Crippen molar-refractivity contribution in [3.8, 4) is 0 Å². The van der Waals surface area contributed by atoms with Crippen molar-refractivity contribution in [1.29, 1.82) is 0 Å². The zero-order valence-corrected chi connectivity index (χ0v) is 16.0. The van der Waals surface area contributed by atoms with Crippen molar-refractivity contribution in [2.75, 3.05) is 13.1 Å². The molecule has 0 spiro atoms. The summed E-state index contributed by atoms with van der Waals surface area (Å²) in [6, 6.07) is -0.447. The first-order valence-electron chi connectivity index (χ1n) is 10.7. The number of nitrogens with two attached hydrogens (primary N) is 2. The fourth-order valence-electron chi connectivity index (χ4n) is 4.94. The van der Waals surface area contributed by atoms with Crippen LogP contribution in [0.25, 0.3) is 0 Å². The molecule has 2 atom stereocenters. The number of hydrogen-bond donors (Lipinski definition) is 3. The summed E-state index contributed by atoms with van der Waals surface area (Å²) in [6.45, 7) is 1.37. The van der Waals surface area contributed by atoms with E-state index in [1.807, 2.05) is 0 Å². The molecule has 3 fully saturated rings. The van der Waals surface area contributed by atoms with Crippen molar-refractivity contribution in [2.24, 2.45) is 23.3 Å². The average molecular weight is 365 g/mol. The van der Waals surface area contributed by atoms with Crippen molar-refractivity contribution >= 4 is 11.8 Å². The first-order chi connectivity index (χ1) is 12.6. The van der Waals surface area contributed by atoms with E-state index in [1.165, 1.54) is 19.3 Å². The van der Waals surface area contributed by atoms with Gasteiger partial charge < -0.3 is 21.7 Å². The Labute approximate surface area is 157 Å². The molecule has 0 aromatic rings. The predicted molar refractivity (Wildman–Crippen MR) is 102 cm³/mol. The van der Waals surface area contributed by atoms with Gasteiger partial charge in [-0.2, -0.15) is 0 Å². The van der Waals surface area contributed by atoms with Crippen LogP contribution in [0.5, 0.6) is 0 Å². The molecule has 0 unspecified atom stereocenters. The minimum atomic E-state index is -0.441. The second-order valence-corrected chi connectivity index (χ2v) is 8.64. The number of nitrogens with one attached hydrogen (secondary N) is 1. The molecule has 3 rings (SSSR count). The highest BCUT2D eigenvalue weighted by atomic mass is 16.2. The molecule has 6 heteroatoms. The quantitative estimate of drug-likeness (QED) is 0.688. The zero-order valence-electron chi connectivity index (χ0n) is 16.0. The fraction of sp³-hybridized carbons (Fsp3) is 0.900. The van der Waals surface area contributed by atoms with Crippen LogP contribution in [-0.4, -0.2) is 47.9 Å². The normalized spacial score (nSPS) is 31.6. The van der Waals surface area contributed by atoms with Crippen LogP contribution in [0.1, 0.15) is 70.6 Å². The number of carbonyl (C=O) groups excluding carboxylic acids is 2. The lowest BCUT2D eigenvalue weighted by molar-refractivity contribution is -0.140. The summed E-state index contributed by atoms with van der Waals surface area (Å²) in [5, 5.41) is 3.10. The number of carbonyl (C=O) groups is 2. The number of rotatable bonds is 5. The second-order valence-electron chi connectivity index (χ2n) is 8.64. The van der Waals surface area contributed by atoms with Gasteiger partial charge in [-0.1, -0.05) is 19.3 Å². The molecule has 0 bridgehead atoms. The van der Waals surface area contributed by atoms with Crippen LogP contribution >= 0.6 is 0 Å². The van der Waals surface area contributed by atoms with Crippen LogP contribution in [0.3, 0.4) is 0 Å². The van der Waals surface area contributed by atoms with Gasteiger partial charge >= 0.3 is 0 Å². The predicted octanol–water partition coefficient (Wildman–Crippen LogP) is 1.52. The van der Waals surface area contributed by atoms with Crippen LogP contribution in [0.2, 0.25) is 0 Å². The molecular formula is C20H36N4O2. The SMILES string of the molecule is NC1CCC(CNC(=O)[C@@H]2CCCN2C(=O)[C@@H](N)C2CCCCC2)CC1. The molecule has 6 nitrogen and oxygen atoms in total. The lowest BCUT2D eigenvalue weighted by Gasteiger charge is -2.32. The molecule has 2 saturated carbocycles. The van der Waals surface area contributed by atoms with Crippen molar-refractivity contribution in [1.82, 2.24) is 10.2 Å². The third kappa shape index (κ3) is 4.77. The highest BCUT2D eigenvalue weighted by Crippen LogP contribution is 2.28. The molecule has 2 aliphatic carbocycles. The van der Waals surface area contributed by atoms with Gasteiger partial charge in [0.15, 0.2) is 0 Å². The van der Waals surface area contributed by atoms with Crippen LogP contribution < -0.4 is 16.8 Å². The first-order valence-corrected chi connectivity index (χ1v) is 10.7. The number of likely N-dealkylation sites (tertiary alicyclic amines) is 1. The topological polar surface area (TPSA) is 101 Å². The Morgan fingerprint density at radius 2 is 1.65 bits per heavy atom. The van der Waals surface area contributed by atoms with E-state index in [4.69, 9.17) is 11.5 Å². The zero-order chi connectivity index (χ0) is 18.5. The van der Waals surface area contributed by atoms with E-state index >= 15 is 0 Å². The molecule has 1 heterocycles. The molecule has 0 aromatic carbocycles. The van der Waals surface area contributed by atoms with E-state index < -0.39 is 6.04 Å². The van der Waals surface area contributed by atoms with Crippen LogP contribution in [0.4, 0.5) is 0 Å². The van der Waals surface area contributed by atoms with Crippen molar-refractivity contribution in [3.63, 3.8) is 0 Å². The van der Waals surface area contributed by atoms with Crippen molar-refractivity contribution in [3.05, 3.63) is 0 Å². The van der Waals surface area contributed by atoms with E-state index in [0.717, 1.165) is 51.4 Å². The van der Waals surface area contributed by atoms with E-state index in [2.05, 4.69) is 5.32 Å². The average Bonchev–Trinajstić information content (AvgIpc) is 3.16. The monoisotopic (exact) mass is 364 g/mol. The van der Waals surface area contributed by atoms with E-state index in [9.17, 15) is 9.59 Å². The Hall–Kier alpha value is -1.14. The molecule has 0 aromatic heterocycles. The molecule has 1 aliphatic heterocycles. The summed E-state index contributed by atoms with van der Waals surface area (Å²) >= 11 is 0. The molecule has 2 amide bonds. The minimum Gasteiger partial charge on any atom is -0.354 e. The van der Waals surface area contributed by atoms with Crippen LogP contribution in [0.15, 0.2) is 0 Å². The molecule has 1 saturated heterocycles.